The maximum atomic E-state index is 12.8. The van der Waals surface area contributed by atoms with Crippen molar-refractivity contribution in [2.24, 2.45) is 0 Å². The van der Waals surface area contributed by atoms with Gasteiger partial charge in [-0.3, -0.25) is 0 Å². The monoisotopic (exact) mass is 401 g/mol. The van der Waals surface area contributed by atoms with Crippen molar-refractivity contribution in [3.05, 3.63) is 53.6 Å². The fraction of sp³-hybridized carbons (Fsp3) is 0.350. The fourth-order valence-electron chi connectivity index (χ4n) is 3.29. The predicted octanol–water partition coefficient (Wildman–Crippen LogP) is 3.68. The normalized spacial score (nSPS) is 16.1. The minimum absolute atomic E-state index is 0.369. The summed E-state index contributed by atoms with van der Waals surface area (Å²) in [7, 11) is -3.43. The molecule has 142 valence electrons. The average Bonchev–Trinajstić information content (AvgIpc) is 3.11. The Kier molecular flexibility index (Phi) is 4.92. The Morgan fingerprint density at radius 1 is 1.04 bits per heavy atom. The lowest BCUT2D eigenvalue weighted by molar-refractivity contribution is 0.385. The van der Waals surface area contributed by atoms with Crippen molar-refractivity contribution in [1.82, 2.24) is 9.29 Å². The number of hydrogen-bond acceptors (Lipinski definition) is 5. The zero-order valence-corrected chi connectivity index (χ0v) is 17.2. The summed E-state index contributed by atoms with van der Waals surface area (Å²) in [6.45, 7) is 6.38. The summed E-state index contributed by atoms with van der Waals surface area (Å²) in [5.41, 5.74) is 3.38. The second kappa shape index (κ2) is 7.22. The number of sulfonamides is 1. The maximum absolute atomic E-state index is 12.8. The molecule has 1 fully saturated rings. The Morgan fingerprint density at radius 2 is 1.74 bits per heavy atom. The van der Waals surface area contributed by atoms with E-state index in [-0.39, 0.29) is 0 Å². The van der Waals surface area contributed by atoms with Crippen molar-refractivity contribution < 1.29 is 8.42 Å². The summed E-state index contributed by atoms with van der Waals surface area (Å²) in [5.74, 6) is 0. The summed E-state index contributed by atoms with van der Waals surface area (Å²) in [6, 6.07) is 13.5. The second-order valence-electron chi connectivity index (χ2n) is 6.86. The Morgan fingerprint density at radius 3 is 2.41 bits per heavy atom. The minimum atomic E-state index is -3.43. The highest BCUT2D eigenvalue weighted by Crippen LogP contribution is 2.31. The van der Waals surface area contributed by atoms with Gasteiger partial charge in [-0.15, -0.1) is 0 Å². The van der Waals surface area contributed by atoms with E-state index in [0.29, 0.717) is 31.1 Å². The van der Waals surface area contributed by atoms with E-state index in [1.807, 2.05) is 19.1 Å². The Hall–Kier alpha value is -1.96. The van der Waals surface area contributed by atoms with Crippen LogP contribution in [0.1, 0.15) is 18.1 Å². The number of nitrogens with zero attached hydrogens (tertiary/aromatic N) is 3. The first-order valence-electron chi connectivity index (χ1n) is 9.18. The average molecular weight is 402 g/mol. The zero-order chi connectivity index (χ0) is 19.0. The topological polar surface area (TPSA) is 53.5 Å². The van der Waals surface area contributed by atoms with Gasteiger partial charge in [-0.2, -0.15) is 4.31 Å². The molecule has 2 heterocycles. The summed E-state index contributed by atoms with van der Waals surface area (Å²) in [6.07, 6.45) is 1.01. The molecule has 4 rings (SSSR count). The number of anilines is 1. The van der Waals surface area contributed by atoms with Crippen molar-refractivity contribution in [3.63, 3.8) is 0 Å². The van der Waals surface area contributed by atoms with Crippen molar-refractivity contribution in [1.29, 1.82) is 0 Å². The van der Waals surface area contributed by atoms with Gasteiger partial charge in [0.05, 0.1) is 15.1 Å². The lowest BCUT2D eigenvalue weighted by atomic mass is 10.2. The van der Waals surface area contributed by atoms with Crippen LogP contribution in [0.15, 0.2) is 47.4 Å². The number of aromatic nitrogens is 1. The number of thiazole rings is 1. The van der Waals surface area contributed by atoms with Crippen LogP contribution in [0.5, 0.6) is 0 Å². The third-order valence-corrected chi connectivity index (χ3v) is 8.01. The SMILES string of the molecule is CCc1ccc2nc(N3CCN(S(=O)(=O)c4ccc(C)cc4)CC3)sc2c1. The first-order chi connectivity index (χ1) is 13.0. The summed E-state index contributed by atoms with van der Waals surface area (Å²) >= 11 is 1.69. The molecule has 0 saturated carbocycles. The fourth-order valence-corrected chi connectivity index (χ4v) is 5.79. The van der Waals surface area contributed by atoms with Crippen LogP contribution in [-0.2, 0) is 16.4 Å². The molecule has 2 aromatic carbocycles. The van der Waals surface area contributed by atoms with E-state index in [1.54, 1.807) is 27.8 Å². The van der Waals surface area contributed by atoms with Gasteiger partial charge in [-0.1, -0.05) is 42.0 Å². The summed E-state index contributed by atoms with van der Waals surface area (Å²) in [4.78, 5) is 7.30. The van der Waals surface area contributed by atoms with Gasteiger partial charge < -0.3 is 4.90 Å². The molecule has 0 spiro atoms. The van der Waals surface area contributed by atoms with Crippen molar-refractivity contribution in [2.75, 3.05) is 31.1 Å². The van der Waals surface area contributed by atoms with Crippen LogP contribution in [0.4, 0.5) is 5.13 Å². The molecule has 0 bridgehead atoms. The first kappa shape index (κ1) is 18.4. The first-order valence-corrected chi connectivity index (χ1v) is 11.4. The van der Waals surface area contributed by atoms with Crippen molar-refractivity contribution >= 4 is 36.7 Å². The molecule has 0 radical (unpaired) electrons. The van der Waals surface area contributed by atoms with Gasteiger partial charge in [0.1, 0.15) is 0 Å². The van der Waals surface area contributed by atoms with Crippen LogP contribution < -0.4 is 4.90 Å². The maximum Gasteiger partial charge on any atom is 0.243 e. The van der Waals surface area contributed by atoms with Gasteiger partial charge >= 0.3 is 0 Å². The second-order valence-corrected chi connectivity index (χ2v) is 9.80. The van der Waals surface area contributed by atoms with E-state index < -0.39 is 10.0 Å². The van der Waals surface area contributed by atoms with E-state index in [0.717, 1.165) is 22.6 Å². The summed E-state index contributed by atoms with van der Waals surface area (Å²) in [5, 5.41) is 0.977. The quantitative estimate of drug-likeness (QED) is 0.669. The van der Waals surface area contributed by atoms with E-state index in [1.165, 1.54) is 10.3 Å². The van der Waals surface area contributed by atoms with Gasteiger partial charge in [0, 0.05) is 26.2 Å². The van der Waals surface area contributed by atoms with Crippen LogP contribution in [0.3, 0.4) is 0 Å². The van der Waals surface area contributed by atoms with Crippen molar-refractivity contribution in [3.8, 4) is 0 Å². The van der Waals surface area contributed by atoms with Crippen LogP contribution in [-0.4, -0.2) is 43.9 Å². The predicted molar refractivity (Wildman–Crippen MR) is 111 cm³/mol. The van der Waals surface area contributed by atoms with Crippen LogP contribution >= 0.6 is 11.3 Å². The third-order valence-electron chi connectivity index (χ3n) is 5.02. The Labute approximate surface area is 164 Å². The number of rotatable bonds is 4. The number of hydrogen-bond donors (Lipinski definition) is 0. The lowest BCUT2D eigenvalue weighted by Crippen LogP contribution is -2.48. The van der Waals surface area contributed by atoms with E-state index in [9.17, 15) is 8.42 Å². The standard InChI is InChI=1S/C20H23N3O2S2/c1-3-16-6-9-18-19(14-16)26-20(21-18)22-10-12-23(13-11-22)27(24,25)17-7-4-15(2)5-8-17/h4-9,14H,3,10-13H2,1-2H3. The molecule has 0 unspecified atom stereocenters. The highest BCUT2D eigenvalue weighted by atomic mass is 32.2. The molecule has 1 aliphatic rings. The molecule has 0 atom stereocenters. The Bertz CT molecular complexity index is 1050. The minimum Gasteiger partial charge on any atom is -0.345 e. The molecule has 7 heteroatoms. The van der Waals surface area contributed by atoms with E-state index in [2.05, 4.69) is 30.0 Å². The van der Waals surface area contributed by atoms with Gasteiger partial charge in [0.15, 0.2) is 5.13 Å². The molecule has 0 aliphatic carbocycles. The molecule has 1 aromatic heterocycles. The van der Waals surface area contributed by atoms with Gasteiger partial charge in [-0.05, 0) is 43.2 Å². The zero-order valence-electron chi connectivity index (χ0n) is 15.6. The number of aryl methyl sites for hydroxylation is 2. The van der Waals surface area contributed by atoms with Crippen LogP contribution in [0.25, 0.3) is 10.2 Å². The smallest absolute Gasteiger partial charge is 0.243 e. The summed E-state index contributed by atoms with van der Waals surface area (Å²) < 4.78 is 28.5. The molecule has 0 amide bonds. The third kappa shape index (κ3) is 3.59. The molecule has 5 nitrogen and oxygen atoms in total. The largest absolute Gasteiger partial charge is 0.345 e. The van der Waals surface area contributed by atoms with Gasteiger partial charge in [0.25, 0.3) is 0 Å². The van der Waals surface area contributed by atoms with E-state index in [4.69, 9.17) is 4.98 Å². The number of fused-ring (bicyclic) bond motifs is 1. The highest BCUT2D eigenvalue weighted by molar-refractivity contribution is 7.89. The van der Waals surface area contributed by atoms with Crippen LogP contribution in [0.2, 0.25) is 0 Å². The molecule has 1 aliphatic heterocycles. The molecule has 3 aromatic rings. The Balaban J connectivity index is 1.49. The van der Waals surface area contributed by atoms with Gasteiger partial charge in [-0.25, -0.2) is 13.4 Å². The highest BCUT2D eigenvalue weighted by Gasteiger charge is 2.29. The van der Waals surface area contributed by atoms with E-state index >= 15 is 0 Å². The molecule has 0 N–H and O–H groups in total. The molecule has 27 heavy (non-hydrogen) atoms. The number of benzene rings is 2. The molecular weight excluding hydrogens is 378 g/mol. The van der Waals surface area contributed by atoms with Crippen molar-refractivity contribution in [2.45, 2.75) is 25.2 Å². The molecular formula is C20H23N3O2S2. The molecule has 1 saturated heterocycles. The van der Waals surface area contributed by atoms with Crippen LogP contribution in [0, 0.1) is 6.92 Å². The lowest BCUT2D eigenvalue weighted by Gasteiger charge is -2.33. The number of piperazine rings is 1. The van der Waals surface area contributed by atoms with Gasteiger partial charge in [0.2, 0.25) is 10.0 Å².